The van der Waals surface area contributed by atoms with Crippen LogP contribution in [0.1, 0.15) is 30.9 Å². The van der Waals surface area contributed by atoms with Crippen LogP contribution < -0.4 is 9.75 Å². The zero-order chi connectivity index (χ0) is 27.1. The second-order valence-corrected chi connectivity index (χ2v) is 9.50. The van der Waals surface area contributed by atoms with Gasteiger partial charge in [0.15, 0.2) is 0 Å². The van der Waals surface area contributed by atoms with Gasteiger partial charge in [-0.1, -0.05) is 17.7 Å². The van der Waals surface area contributed by atoms with Crippen LogP contribution in [0.2, 0.25) is 5.02 Å². The number of amides is 1. The molecule has 1 aliphatic carbocycles. The van der Waals surface area contributed by atoms with E-state index in [0.717, 1.165) is 35.6 Å². The highest BCUT2D eigenvalue weighted by Crippen LogP contribution is 2.35. The van der Waals surface area contributed by atoms with Gasteiger partial charge in [0.2, 0.25) is 5.91 Å². The summed E-state index contributed by atoms with van der Waals surface area (Å²) >= 11 is 6.23. The Kier molecular flexibility index (Phi) is 9.43. The molecule has 4 rings (SSSR count). The van der Waals surface area contributed by atoms with Gasteiger partial charge in [-0.3, -0.25) is 4.79 Å². The lowest BCUT2D eigenvalue weighted by molar-refractivity contribution is -0.134. The summed E-state index contributed by atoms with van der Waals surface area (Å²) < 4.78 is 5.85. The van der Waals surface area contributed by atoms with Crippen molar-refractivity contribution >= 4 is 40.8 Å². The Morgan fingerprint density at radius 2 is 1.81 bits per heavy atom. The maximum atomic E-state index is 12.8. The van der Waals surface area contributed by atoms with Crippen molar-refractivity contribution in [2.24, 2.45) is 11.0 Å². The number of carbonyl (C=O) groups excluding carboxylic acids is 1. The van der Waals surface area contributed by atoms with E-state index in [1.165, 1.54) is 10.6 Å². The molecule has 1 amide bonds. The molecule has 1 aliphatic heterocycles. The topological polar surface area (TPSA) is 120 Å². The Hall–Kier alpha value is -3.69. The summed E-state index contributed by atoms with van der Waals surface area (Å²) in [6.45, 7) is 2.72. The number of carboxylic acid groups (broad SMARTS) is 2. The van der Waals surface area contributed by atoms with Crippen molar-refractivity contribution in [2.45, 2.75) is 32.2 Å². The number of likely N-dealkylation sites (N-methyl/N-ethyl adjacent to an activating group) is 1. The number of ether oxygens (including phenoxy) is 1. The standard InChI is InChI=1S/C23H26ClN3O2.C4H4O4/c1-15(26(2)3)14-29-20-10-8-19(9-11-20)27-22(28)12-17-5-4-16-6-7-18(24)13-21(16)23(17)25-27;5-3(6)1-2-4(7)8/h6-11,13,15,17H,4-5,12,14H2,1-3H3;1-2H,(H,5,6)(H,7,8). The average molecular weight is 528 g/mol. The summed E-state index contributed by atoms with van der Waals surface area (Å²) in [7, 11) is 4.06. The molecule has 10 heteroatoms. The van der Waals surface area contributed by atoms with Crippen LogP contribution in [-0.4, -0.2) is 65.4 Å². The van der Waals surface area contributed by atoms with Crippen LogP contribution in [0.3, 0.4) is 0 Å². The number of aryl methyl sites for hydroxylation is 1. The largest absolute Gasteiger partial charge is 0.492 e. The maximum absolute atomic E-state index is 12.8. The highest BCUT2D eigenvalue weighted by Gasteiger charge is 2.34. The number of aliphatic carboxylic acids is 2. The molecule has 2 aromatic carbocycles. The molecule has 2 aliphatic rings. The van der Waals surface area contributed by atoms with Crippen molar-refractivity contribution in [3.05, 3.63) is 70.8 Å². The number of carboxylic acids is 2. The fraction of sp³-hybridized carbons (Fsp3) is 0.333. The van der Waals surface area contributed by atoms with Crippen molar-refractivity contribution in [1.29, 1.82) is 0 Å². The number of benzene rings is 2. The molecular weight excluding hydrogens is 498 g/mol. The van der Waals surface area contributed by atoms with Gasteiger partial charge in [-0.15, -0.1) is 0 Å². The van der Waals surface area contributed by atoms with Gasteiger partial charge in [-0.05, 0) is 75.8 Å². The van der Waals surface area contributed by atoms with E-state index in [9.17, 15) is 14.4 Å². The average Bonchev–Trinajstić information content (AvgIpc) is 2.86. The number of hydrazone groups is 1. The van der Waals surface area contributed by atoms with Crippen molar-refractivity contribution < 1.29 is 29.3 Å². The van der Waals surface area contributed by atoms with E-state index in [1.54, 1.807) is 0 Å². The molecule has 2 atom stereocenters. The molecule has 0 bridgehead atoms. The van der Waals surface area contributed by atoms with Crippen LogP contribution in [-0.2, 0) is 20.8 Å². The Balaban J connectivity index is 0.000000414. The minimum atomic E-state index is -1.26. The zero-order valence-corrected chi connectivity index (χ0v) is 21.7. The first kappa shape index (κ1) is 27.9. The second-order valence-electron chi connectivity index (χ2n) is 9.06. The van der Waals surface area contributed by atoms with Crippen molar-refractivity contribution in [2.75, 3.05) is 25.7 Å². The molecule has 2 N–H and O–H groups in total. The predicted molar refractivity (Wildman–Crippen MR) is 141 cm³/mol. The molecule has 0 saturated heterocycles. The maximum Gasteiger partial charge on any atom is 0.328 e. The Labute approximate surface area is 220 Å². The molecular formula is C27H30ClN3O6. The van der Waals surface area contributed by atoms with Gasteiger partial charge < -0.3 is 19.8 Å². The minimum Gasteiger partial charge on any atom is -0.492 e. The number of nitrogens with zero attached hydrogens (tertiary/aromatic N) is 3. The molecule has 196 valence electrons. The first-order valence-electron chi connectivity index (χ1n) is 11.8. The number of hydrogen-bond acceptors (Lipinski definition) is 6. The van der Waals surface area contributed by atoms with Gasteiger partial charge in [0.05, 0.1) is 11.4 Å². The van der Waals surface area contributed by atoms with E-state index in [1.807, 2.05) is 50.5 Å². The normalized spacial score (nSPS) is 17.3. The van der Waals surface area contributed by atoms with Gasteiger partial charge in [-0.25, -0.2) is 14.6 Å². The minimum absolute atomic E-state index is 0.0270. The molecule has 37 heavy (non-hydrogen) atoms. The summed E-state index contributed by atoms with van der Waals surface area (Å²) in [5.74, 6) is -1.54. The highest BCUT2D eigenvalue weighted by molar-refractivity contribution is 6.31. The molecule has 2 aromatic rings. The lowest BCUT2D eigenvalue weighted by Gasteiger charge is -2.33. The van der Waals surface area contributed by atoms with Crippen molar-refractivity contribution in [3.8, 4) is 5.75 Å². The summed E-state index contributed by atoms with van der Waals surface area (Å²) in [5.41, 5.74) is 4.04. The number of rotatable bonds is 7. The van der Waals surface area contributed by atoms with Crippen molar-refractivity contribution in [3.63, 3.8) is 0 Å². The van der Waals surface area contributed by atoms with Crippen LogP contribution in [0, 0.1) is 5.92 Å². The van der Waals surface area contributed by atoms with Gasteiger partial charge >= 0.3 is 11.9 Å². The summed E-state index contributed by atoms with van der Waals surface area (Å²) in [6, 6.07) is 13.8. The van der Waals surface area contributed by atoms with Crippen LogP contribution in [0.4, 0.5) is 5.69 Å². The van der Waals surface area contributed by atoms with Crippen LogP contribution in [0.5, 0.6) is 5.75 Å². The quantitative estimate of drug-likeness (QED) is 0.520. The highest BCUT2D eigenvalue weighted by atomic mass is 35.5. The third kappa shape index (κ3) is 7.65. The van der Waals surface area contributed by atoms with Crippen LogP contribution in [0.25, 0.3) is 0 Å². The number of fused-ring (bicyclic) bond motifs is 3. The van der Waals surface area contributed by atoms with Gasteiger partial charge in [0.1, 0.15) is 12.4 Å². The SMILES string of the molecule is CC(COc1ccc(N2N=C3c4cc(Cl)ccc4CCC3CC2=O)cc1)N(C)C.O=C(O)C=CC(=O)O. The molecule has 1 heterocycles. The third-order valence-electron chi connectivity index (χ3n) is 6.18. The summed E-state index contributed by atoms with van der Waals surface area (Å²) in [5, 5.41) is 22.6. The lowest BCUT2D eigenvalue weighted by atomic mass is 9.79. The molecule has 0 spiro atoms. The monoisotopic (exact) mass is 527 g/mol. The number of anilines is 1. The van der Waals surface area contributed by atoms with E-state index in [2.05, 4.69) is 17.9 Å². The first-order valence-corrected chi connectivity index (χ1v) is 12.2. The fourth-order valence-electron chi connectivity index (χ4n) is 3.88. The van der Waals surface area contributed by atoms with Crippen LogP contribution in [0.15, 0.2) is 59.7 Å². The van der Waals surface area contributed by atoms with Gasteiger partial charge in [-0.2, -0.15) is 5.10 Å². The lowest BCUT2D eigenvalue weighted by Crippen LogP contribution is -2.39. The predicted octanol–water partition coefficient (Wildman–Crippen LogP) is 4.08. The molecule has 0 saturated carbocycles. The number of halogens is 1. The fourth-order valence-corrected chi connectivity index (χ4v) is 4.05. The molecule has 2 unspecified atom stereocenters. The molecule has 0 aromatic heterocycles. The third-order valence-corrected chi connectivity index (χ3v) is 6.42. The van der Waals surface area contributed by atoms with Crippen LogP contribution >= 0.6 is 11.6 Å². The van der Waals surface area contributed by atoms with E-state index in [4.69, 9.17) is 31.7 Å². The van der Waals surface area contributed by atoms with Crippen molar-refractivity contribution in [1.82, 2.24) is 4.90 Å². The zero-order valence-electron chi connectivity index (χ0n) is 20.9. The Morgan fingerprint density at radius 1 is 1.16 bits per heavy atom. The van der Waals surface area contributed by atoms with E-state index >= 15 is 0 Å². The number of carbonyl (C=O) groups is 3. The van der Waals surface area contributed by atoms with E-state index < -0.39 is 11.9 Å². The Morgan fingerprint density at radius 3 is 2.41 bits per heavy atom. The van der Waals surface area contributed by atoms with E-state index in [-0.39, 0.29) is 11.8 Å². The molecule has 9 nitrogen and oxygen atoms in total. The van der Waals surface area contributed by atoms with Gasteiger partial charge in [0.25, 0.3) is 0 Å². The smallest absolute Gasteiger partial charge is 0.328 e. The van der Waals surface area contributed by atoms with Gasteiger partial charge in [0, 0.05) is 41.1 Å². The molecule has 0 radical (unpaired) electrons. The molecule has 0 fully saturated rings. The summed E-state index contributed by atoms with van der Waals surface area (Å²) in [6.07, 6.45) is 3.50. The first-order chi connectivity index (χ1) is 17.5. The summed E-state index contributed by atoms with van der Waals surface area (Å²) in [4.78, 5) is 34.0. The Bertz CT molecular complexity index is 1190. The van der Waals surface area contributed by atoms with E-state index in [0.29, 0.717) is 36.2 Å². The number of hydrogen-bond donors (Lipinski definition) is 2. The second kappa shape index (κ2) is 12.5.